The minimum absolute atomic E-state index is 0.0893. The Hall–Kier alpha value is -4.04. The van der Waals surface area contributed by atoms with Gasteiger partial charge in [0.05, 0.1) is 41.2 Å². The number of aryl methyl sites for hydroxylation is 1. The molecule has 10 nitrogen and oxygen atoms in total. The number of carbonyl (C=O) groups excluding carboxylic acids is 2. The maximum atomic E-state index is 12.2. The molecule has 2 aromatic carbocycles. The van der Waals surface area contributed by atoms with E-state index in [2.05, 4.69) is 20.8 Å². The fraction of sp³-hybridized carbons (Fsp3) is 0.231. The summed E-state index contributed by atoms with van der Waals surface area (Å²) < 4.78 is 0. The molecule has 1 heterocycles. The molecule has 39 heavy (non-hydrogen) atoms. The fourth-order valence-corrected chi connectivity index (χ4v) is 5.65. The Bertz CT molecular complexity index is 1410. The molecule has 0 bridgehead atoms. The molecule has 3 aromatic rings. The van der Waals surface area contributed by atoms with E-state index in [0.29, 0.717) is 34.9 Å². The number of nitrogens with zero attached hydrogens (tertiary/aromatic N) is 4. The molecule has 0 radical (unpaired) electrons. The number of hydrogen-bond donors (Lipinski definition) is 4. The predicted molar refractivity (Wildman–Crippen MR) is 155 cm³/mol. The van der Waals surface area contributed by atoms with Crippen molar-refractivity contribution in [1.29, 1.82) is 21.3 Å². The van der Waals surface area contributed by atoms with Gasteiger partial charge in [-0.25, -0.2) is 0 Å². The third-order valence-corrected chi connectivity index (χ3v) is 7.66. The van der Waals surface area contributed by atoms with Crippen LogP contribution in [0.1, 0.15) is 33.7 Å². The van der Waals surface area contributed by atoms with E-state index in [0.717, 1.165) is 33.6 Å². The Balaban J connectivity index is 1.27. The van der Waals surface area contributed by atoms with Crippen LogP contribution in [0.4, 0.5) is 5.13 Å². The summed E-state index contributed by atoms with van der Waals surface area (Å²) in [7, 11) is 0. The average Bonchev–Trinajstić information content (AvgIpc) is 3.35. The Morgan fingerprint density at radius 3 is 2.05 bits per heavy atom. The second-order valence-electron chi connectivity index (χ2n) is 8.04. The lowest BCUT2D eigenvalue weighted by molar-refractivity contribution is -0.119. The predicted octanol–water partition coefficient (Wildman–Crippen LogP) is 4.13. The van der Waals surface area contributed by atoms with Gasteiger partial charge in [-0.05, 0) is 58.7 Å². The monoisotopic (exact) mass is 576 g/mol. The number of amidine groups is 1. The zero-order valence-corrected chi connectivity index (χ0v) is 23.1. The van der Waals surface area contributed by atoms with Crippen molar-refractivity contribution in [1.82, 2.24) is 15.5 Å². The van der Waals surface area contributed by atoms with E-state index in [1.807, 2.05) is 12.1 Å². The first kappa shape index (κ1) is 29.5. The van der Waals surface area contributed by atoms with Gasteiger partial charge in [0.15, 0.2) is 5.17 Å². The number of hydrogen-bond acceptors (Lipinski definition) is 11. The van der Waals surface area contributed by atoms with E-state index in [1.165, 1.54) is 11.3 Å². The minimum atomic E-state index is -0.346. The zero-order chi connectivity index (χ0) is 28.0. The quantitative estimate of drug-likeness (QED) is 0.149. The van der Waals surface area contributed by atoms with Gasteiger partial charge in [-0.2, -0.15) is 22.3 Å². The third kappa shape index (κ3) is 10.7. The van der Waals surface area contributed by atoms with Crippen LogP contribution in [0.15, 0.2) is 48.5 Å². The molecule has 0 saturated carbocycles. The number of aromatic nitrogens is 2. The molecule has 0 fully saturated rings. The molecule has 0 spiro atoms. The second-order valence-corrected chi connectivity index (χ2v) is 11.4. The van der Waals surface area contributed by atoms with Crippen LogP contribution >= 0.6 is 34.9 Å². The number of anilines is 1. The van der Waals surface area contributed by atoms with Crippen LogP contribution in [0.2, 0.25) is 0 Å². The molecule has 2 amide bonds. The molecule has 0 atom stereocenters. The summed E-state index contributed by atoms with van der Waals surface area (Å²) in [5.74, 6) is 0.903. The standard InChI is InChI=1S/C26H24N8O2S3/c27-15-19-5-1-17(2-6-19)13-22(35)31-25(30)38-21(29)9-11-37-12-10-24-33-34-26(39-24)32-23(36)14-18-3-7-20(16-28)8-4-18/h1-8,29H,9-14H2,(H2,30,31,35)(H,32,34,36). The number of carbonyl (C=O) groups is 2. The summed E-state index contributed by atoms with van der Waals surface area (Å²) in [5.41, 5.74) is 2.60. The van der Waals surface area contributed by atoms with E-state index in [-0.39, 0.29) is 34.9 Å². The van der Waals surface area contributed by atoms with Crippen molar-refractivity contribution < 1.29 is 9.59 Å². The number of nitriles is 2. The molecule has 0 aliphatic rings. The number of rotatable bonds is 11. The maximum Gasteiger partial charge on any atom is 0.230 e. The molecular formula is C26H24N8O2S3. The Labute approximate surface area is 238 Å². The van der Waals surface area contributed by atoms with Gasteiger partial charge >= 0.3 is 0 Å². The molecule has 3 rings (SSSR count). The number of benzene rings is 2. The lowest BCUT2D eigenvalue weighted by atomic mass is 10.1. The van der Waals surface area contributed by atoms with E-state index in [9.17, 15) is 9.59 Å². The third-order valence-electron chi connectivity index (χ3n) is 5.02. The first-order valence-electron chi connectivity index (χ1n) is 11.7. The van der Waals surface area contributed by atoms with Crippen LogP contribution in [0.3, 0.4) is 0 Å². The summed E-state index contributed by atoms with van der Waals surface area (Å²) in [4.78, 5) is 24.3. The van der Waals surface area contributed by atoms with E-state index in [1.54, 1.807) is 60.3 Å². The molecule has 1 aromatic heterocycles. The molecule has 4 N–H and O–H groups in total. The average molecular weight is 577 g/mol. The second kappa shape index (κ2) is 15.4. The van der Waals surface area contributed by atoms with Gasteiger partial charge in [0.1, 0.15) is 5.01 Å². The highest BCUT2D eigenvalue weighted by Crippen LogP contribution is 2.19. The van der Waals surface area contributed by atoms with E-state index < -0.39 is 0 Å². The van der Waals surface area contributed by atoms with E-state index in [4.69, 9.17) is 21.3 Å². The molecule has 13 heteroatoms. The van der Waals surface area contributed by atoms with Crippen molar-refractivity contribution >= 4 is 62.0 Å². The topological polar surface area (TPSA) is 179 Å². The van der Waals surface area contributed by atoms with Crippen molar-refractivity contribution in [3.05, 3.63) is 75.8 Å². The van der Waals surface area contributed by atoms with Crippen molar-refractivity contribution in [2.45, 2.75) is 25.7 Å². The largest absolute Gasteiger partial charge is 0.305 e. The fourth-order valence-electron chi connectivity index (χ4n) is 3.13. The summed E-state index contributed by atoms with van der Waals surface area (Å²) in [6.07, 6.45) is 1.41. The van der Waals surface area contributed by atoms with Crippen LogP contribution in [0.5, 0.6) is 0 Å². The first-order chi connectivity index (χ1) is 18.8. The molecule has 198 valence electrons. The summed E-state index contributed by atoms with van der Waals surface area (Å²) in [6.45, 7) is 0. The summed E-state index contributed by atoms with van der Waals surface area (Å²) in [6, 6.07) is 17.6. The number of thioether (sulfide) groups is 2. The molecule has 0 aliphatic heterocycles. The number of nitrogens with one attached hydrogen (secondary N) is 4. The summed E-state index contributed by atoms with van der Waals surface area (Å²) >= 11 is 3.88. The lowest BCUT2D eigenvalue weighted by Gasteiger charge is -2.07. The van der Waals surface area contributed by atoms with Crippen LogP contribution in [0, 0.1) is 33.5 Å². The van der Waals surface area contributed by atoms with Crippen molar-refractivity contribution in [3.8, 4) is 12.1 Å². The van der Waals surface area contributed by atoms with Gasteiger partial charge in [-0.1, -0.05) is 35.6 Å². The van der Waals surface area contributed by atoms with Gasteiger partial charge in [0, 0.05) is 12.8 Å². The van der Waals surface area contributed by atoms with Crippen molar-refractivity contribution in [2.75, 3.05) is 16.8 Å². The first-order valence-corrected chi connectivity index (χ1v) is 14.4. The highest BCUT2D eigenvalue weighted by Gasteiger charge is 2.11. The molecule has 0 saturated heterocycles. The number of amides is 2. The highest BCUT2D eigenvalue weighted by atomic mass is 32.2. The highest BCUT2D eigenvalue weighted by molar-refractivity contribution is 8.26. The SMILES string of the molecule is N#Cc1ccc(CC(=O)NC(=N)SC(=N)CCSCCc2nnc(NC(=O)Cc3ccc(C#N)cc3)s2)cc1. The van der Waals surface area contributed by atoms with Crippen LogP contribution < -0.4 is 10.6 Å². The van der Waals surface area contributed by atoms with Crippen LogP contribution in [0.25, 0.3) is 0 Å². The molecule has 0 unspecified atom stereocenters. The lowest BCUT2D eigenvalue weighted by Crippen LogP contribution is -2.29. The zero-order valence-electron chi connectivity index (χ0n) is 20.7. The Morgan fingerprint density at radius 1 is 0.872 bits per heavy atom. The maximum absolute atomic E-state index is 12.2. The minimum Gasteiger partial charge on any atom is -0.305 e. The normalized spacial score (nSPS) is 10.2. The van der Waals surface area contributed by atoms with Gasteiger partial charge in [-0.15, -0.1) is 10.2 Å². The van der Waals surface area contributed by atoms with Gasteiger partial charge < -0.3 is 10.6 Å². The van der Waals surface area contributed by atoms with Crippen molar-refractivity contribution in [3.63, 3.8) is 0 Å². The van der Waals surface area contributed by atoms with E-state index >= 15 is 0 Å². The molecular weight excluding hydrogens is 553 g/mol. The van der Waals surface area contributed by atoms with Crippen LogP contribution in [-0.4, -0.2) is 43.7 Å². The van der Waals surface area contributed by atoms with Crippen LogP contribution in [-0.2, 0) is 28.9 Å². The van der Waals surface area contributed by atoms with Gasteiger partial charge in [-0.3, -0.25) is 20.4 Å². The Kier molecular flexibility index (Phi) is 11.6. The summed E-state index contributed by atoms with van der Waals surface area (Å²) in [5, 5.41) is 48.4. The van der Waals surface area contributed by atoms with Gasteiger partial charge in [0.25, 0.3) is 0 Å². The van der Waals surface area contributed by atoms with Gasteiger partial charge in [0.2, 0.25) is 16.9 Å². The smallest absolute Gasteiger partial charge is 0.230 e. The Morgan fingerprint density at radius 2 is 1.46 bits per heavy atom. The molecule has 0 aliphatic carbocycles. The van der Waals surface area contributed by atoms with Crippen molar-refractivity contribution in [2.24, 2.45) is 0 Å².